The van der Waals surface area contributed by atoms with E-state index in [4.69, 9.17) is 10.3 Å². The summed E-state index contributed by atoms with van der Waals surface area (Å²) in [5, 5.41) is 4.72. The van der Waals surface area contributed by atoms with E-state index in [9.17, 15) is 0 Å². The molecule has 5 heteroatoms. The molecular formula is C13H11N3OS. The van der Waals surface area contributed by atoms with Gasteiger partial charge in [0.15, 0.2) is 0 Å². The quantitative estimate of drug-likeness (QED) is 0.764. The Hall–Kier alpha value is -2.14. The summed E-state index contributed by atoms with van der Waals surface area (Å²) in [6.07, 6.45) is 0. The fourth-order valence-electron chi connectivity index (χ4n) is 1.61. The molecule has 90 valence electrons. The van der Waals surface area contributed by atoms with Crippen LogP contribution < -0.4 is 5.73 Å². The third-order valence-electron chi connectivity index (χ3n) is 2.57. The van der Waals surface area contributed by atoms with Gasteiger partial charge in [-0.3, -0.25) is 0 Å². The highest BCUT2D eigenvalue weighted by atomic mass is 32.1. The Morgan fingerprint density at radius 1 is 1.11 bits per heavy atom. The Morgan fingerprint density at radius 2 is 1.89 bits per heavy atom. The van der Waals surface area contributed by atoms with E-state index in [0.717, 1.165) is 15.4 Å². The monoisotopic (exact) mass is 257 g/mol. The minimum absolute atomic E-state index is 0.507. The molecule has 0 radical (unpaired) electrons. The highest BCUT2D eigenvalue weighted by molar-refractivity contribution is 7.19. The fourth-order valence-corrected chi connectivity index (χ4v) is 2.31. The van der Waals surface area contributed by atoms with Crippen LogP contribution in [-0.4, -0.2) is 10.1 Å². The number of hydrogen-bond donors (Lipinski definition) is 1. The van der Waals surface area contributed by atoms with Gasteiger partial charge in [-0.05, 0) is 19.1 Å². The van der Waals surface area contributed by atoms with Crippen molar-refractivity contribution in [2.45, 2.75) is 6.92 Å². The van der Waals surface area contributed by atoms with Crippen molar-refractivity contribution in [1.29, 1.82) is 0 Å². The van der Waals surface area contributed by atoms with Gasteiger partial charge in [-0.1, -0.05) is 35.0 Å². The topological polar surface area (TPSA) is 64.9 Å². The summed E-state index contributed by atoms with van der Waals surface area (Å²) >= 11 is 1.43. The smallest absolute Gasteiger partial charge is 0.268 e. The van der Waals surface area contributed by atoms with E-state index in [1.54, 1.807) is 0 Å². The molecule has 4 nitrogen and oxygen atoms in total. The van der Waals surface area contributed by atoms with E-state index in [2.05, 4.69) is 10.1 Å². The number of nitrogens with two attached hydrogens (primary N) is 1. The van der Waals surface area contributed by atoms with Gasteiger partial charge in [0, 0.05) is 5.56 Å². The van der Waals surface area contributed by atoms with E-state index < -0.39 is 0 Å². The Labute approximate surface area is 108 Å². The average molecular weight is 257 g/mol. The van der Waals surface area contributed by atoms with Crippen molar-refractivity contribution < 1.29 is 4.52 Å². The fraction of sp³-hybridized carbons (Fsp3) is 0.0769. The molecule has 0 saturated carbocycles. The Morgan fingerprint density at radius 3 is 2.56 bits per heavy atom. The first-order valence-corrected chi connectivity index (χ1v) is 6.30. The summed E-state index contributed by atoms with van der Waals surface area (Å²) in [5.74, 6) is 1.10. The van der Waals surface area contributed by atoms with Crippen molar-refractivity contribution in [3.8, 4) is 22.2 Å². The van der Waals surface area contributed by atoms with Crippen LogP contribution in [-0.2, 0) is 0 Å². The second-order valence-electron chi connectivity index (χ2n) is 3.99. The van der Waals surface area contributed by atoms with E-state index in [-0.39, 0.29) is 0 Å². The Balaban J connectivity index is 1.96. The second-order valence-corrected chi connectivity index (χ2v) is 5.11. The first-order chi connectivity index (χ1) is 8.72. The van der Waals surface area contributed by atoms with Crippen LogP contribution in [0.5, 0.6) is 0 Å². The number of anilines is 1. The van der Waals surface area contributed by atoms with Crippen molar-refractivity contribution in [2.75, 3.05) is 5.73 Å². The molecule has 0 aliphatic carbocycles. The van der Waals surface area contributed by atoms with Crippen LogP contribution in [0.1, 0.15) is 5.56 Å². The van der Waals surface area contributed by atoms with Crippen LogP contribution >= 0.6 is 11.3 Å². The Bertz CT molecular complexity index is 670. The van der Waals surface area contributed by atoms with E-state index >= 15 is 0 Å². The first-order valence-electron chi connectivity index (χ1n) is 5.49. The highest BCUT2D eigenvalue weighted by Gasteiger charge is 2.11. The largest absolute Gasteiger partial charge is 0.391 e. The van der Waals surface area contributed by atoms with Gasteiger partial charge in [-0.2, -0.15) is 4.98 Å². The zero-order valence-electron chi connectivity index (χ0n) is 9.75. The molecule has 0 aliphatic rings. The van der Waals surface area contributed by atoms with Gasteiger partial charge in [0.2, 0.25) is 5.82 Å². The van der Waals surface area contributed by atoms with E-state index in [1.165, 1.54) is 16.9 Å². The molecule has 0 saturated heterocycles. The molecule has 1 aromatic carbocycles. The number of aryl methyl sites for hydroxylation is 1. The van der Waals surface area contributed by atoms with Crippen LogP contribution in [0.4, 0.5) is 5.00 Å². The van der Waals surface area contributed by atoms with Gasteiger partial charge in [0.25, 0.3) is 5.89 Å². The lowest BCUT2D eigenvalue weighted by Gasteiger charge is -1.94. The van der Waals surface area contributed by atoms with E-state index in [0.29, 0.717) is 11.7 Å². The van der Waals surface area contributed by atoms with Crippen LogP contribution in [0.3, 0.4) is 0 Å². The zero-order valence-corrected chi connectivity index (χ0v) is 10.6. The molecule has 0 bridgehead atoms. The third-order valence-corrected chi connectivity index (χ3v) is 3.48. The number of nitrogen functional groups attached to an aromatic ring is 1. The van der Waals surface area contributed by atoms with Crippen LogP contribution in [0.15, 0.2) is 40.9 Å². The van der Waals surface area contributed by atoms with Crippen molar-refractivity contribution in [2.24, 2.45) is 0 Å². The van der Waals surface area contributed by atoms with Gasteiger partial charge in [0.1, 0.15) is 0 Å². The molecule has 2 N–H and O–H groups in total. The average Bonchev–Trinajstić information content (AvgIpc) is 2.98. The molecule has 0 aliphatic heterocycles. The van der Waals surface area contributed by atoms with Crippen molar-refractivity contribution in [1.82, 2.24) is 10.1 Å². The summed E-state index contributed by atoms with van der Waals surface area (Å²) in [4.78, 5) is 5.26. The molecule has 0 amide bonds. The minimum atomic E-state index is 0.507. The normalized spacial score (nSPS) is 10.7. The molecule has 18 heavy (non-hydrogen) atoms. The Kier molecular flexibility index (Phi) is 2.60. The van der Waals surface area contributed by atoms with Crippen LogP contribution in [0, 0.1) is 6.92 Å². The van der Waals surface area contributed by atoms with Crippen LogP contribution in [0.2, 0.25) is 0 Å². The van der Waals surface area contributed by atoms with Gasteiger partial charge in [-0.25, -0.2) is 0 Å². The molecule has 0 atom stereocenters. The molecule has 3 rings (SSSR count). The molecule has 0 fully saturated rings. The number of aromatic nitrogens is 2. The lowest BCUT2D eigenvalue weighted by atomic mass is 10.1. The SMILES string of the molecule is Cc1ccc(-c2noc(-c3ccc(N)s3)n2)cc1. The zero-order chi connectivity index (χ0) is 12.5. The number of nitrogens with zero attached hydrogens (tertiary/aromatic N) is 2. The summed E-state index contributed by atoms with van der Waals surface area (Å²) in [5.41, 5.74) is 7.83. The summed E-state index contributed by atoms with van der Waals surface area (Å²) < 4.78 is 5.24. The standard InChI is InChI=1S/C13H11N3OS/c1-8-2-4-9(5-3-8)12-15-13(17-16-12)10-6-7-11(14)18-10/h2-7H,14H2,1H3. The van der Waals surface area contributed by atoms with Crippen molar-refractivity contribution in [3.63, 3.8) is 0 Å². The minimum Gasteiger partial charge on any atom is -0.391 e. The predicted molar refractivity (Wildman–Crippen MR) is 72.2 cm³/mol. The van der Waals surface area contributed by atoms with Crippen molar-refractivity contribution in [3.05, 3.63) is 42.0 Å². The van der Waals surface area contributed by atoms with Gasteiger partial charge >= 0.3 is 0 Å². The maximum absolute atomic E-state index is 5.68. The molecule has 2 aromatic heterocycles. The second kappa shape index (κ2) is 4.27. The number of hydrogen-bond acceptors (Lipinski definition) is 5. The lowest BCUT2D eigenvalue weighted by Crippen LogP contribution is -1.80. The van der Waals surface area contributed by atoms with Gasteiger partial charge < -0.3 is 10.3 Å². The number of thiophene rings is 1. The number of benzene rings is 1. The van der Waals surface area contributed by atoms with Gasteiger partial charge in [0.05, 0.1) is 9.88 Å². The van der Waals surface area contributed by atoms with Gasteiger partial charge in [-0.15, -0.1) is 11.3 Å². The van der Waals surface area contributed by atoms with E-state index in [1.807, 2.05) is 43.3 Å². The lowest BCUT2D eigenvalue weighted by molar-refractivity contribution is 0.433. The molecule has 2 heterocycles. The number of rotatable bonds is 2. The molecule has 3 aromatic rings. The summed E-state index contributed by atoms with van der Waals surface area (Å²) in [6.45, 7) is 2.04. The predicted octanol–water partition coefficient (Wildman–Crippen LogP) is 3.36. The van der Waals surface area contributed by atoms with Crippen molar-refractivity contribution >= 4 is 16.3 Å². The molecular weight excluding hydrogens is 246 g/mol. The third kappa shape index (κ3) is 2.00. The summed E-state index contributed by atoms with van der Waals surface area (Å²) in [6, 6.07) is 11.7. The van der Waals surface area contributed by atoms with Crippen LogP contribution in [0.25, 0.3) is 22.2 Å². The summed E-state index contributed by atoms with van der Waals surface area (Å²) in [7, 11) is 0. The first kappa shape index (κ1) is 11.0. The highest BCUT2D eigenvalue weighted by Crippen LogP contribution is 2.29. The molecule has 0 unspecified atom stereocenters. The maximum atomic E-state index is 5.68. The maximum Gasteiger partial charge on any atom is 0.268 e. The molecule has 0 spiro atoms.